The number of carboxylic acid groups (broad SMARTS) is 1. The second kappa shape index (κ2) is 5.43. The molecule has 0 fully saturated rings. The Balaban J connectivity index is 2.66. The molecule has 0 amide bonds. The van der Waals surface area contributed by atoms with Gasteiger partial charge in [0.05, 0.1) is 20.4 Å². The van der Waals surface area contributed by atoms with Crippen LogP contribution in [0.25, 0.3) is 11.1 Å². The molecule has 0 aliphatic carbocycles. The number of nitrogens with one attached hydrogen (secondary N) is 1. The van der Waals surface area contributed by atoms with Crippen LogP contribution in [0.5, 0.6) is 11.5 Å². The zero-order valence-corrected chi connectivity index (χ0v) is 10.8. The number of benzene rings is 1. The molecule has 2 aromatic rings. The van der Waals surface area contributed by atoms with Crippen LogP contribution in [0.3, 0.4) is 0 Å². The fraction of sp³-hybridized carbons (Fsp3) is 0.154. The summed E-state index contributed by atoms with van der Waals surface area (Å²) in [5.74, 6) is -0.383. The Morgan fingerprint density at radius 3 is 2.55 bits per heavy atom. The Labute approximate surface area is 113 Å². The van der Waals surface area contributed by atoms with E-state index in [0.717, 1.165) is 0 Å². The van der Waals surface area contributed by atoms with Crippen molar-refractivity contribution in [3.63, 3.8) is 0 Å². The predicted molar refractivity (Wildman–Crippen MR) is 70.4 cm³/mol. The van der Waals surface area contributed by atoms with Crippen LogP contribution in [0.15, 0.2) is 29.2 Å². The second-order valence-electron chi connectivity index (χ2n) is 3.86. The monoisotopic (exact) mass is 276 g/mol. The zero-order valence-electron chi connectivity index (χ0n) is 10.8. The van der Waals surface area contributed by atoms with Crippen LogP contribution in [0.1, 0.15) is 10.4 Å². The largest absolute Gasteiger partial charge is 0.493 e. The van der Waals surface area contributed by atoms with Crippen molar-refractivity contribution in [3.05, 3.63) is 40.3 Å². The number of aromatic amines is 1. The minimum absolute atomic E-state index is 0.210. The molecule has 2 rings (SSSR count). The summed E-state index contributed by atoms with van der Waals surface area (Å²) in [6.45, 7) is 0. The first-order valence-electron chi connectivity index (χ1n) is 5.62. The van der Waals surface area contributed by atoms with Gasteiger partial charge in [0.1, 0.15) is 5.56 Å². The van der Waals surface area contributed by atoms with Crippen LogP contribution in [0.2, 0.25) is 0 Å². The maximum atomic E-state index is 11.6. The third-order valence-electron chi connectivity index (χ3n) is 2.76. The number of nitrogens with zero attached hydrogens (tertiary/aromatic N) is 1. The molecule has 0 spiro atoms. The topological polar surface area (TPSA) is 102 Å². The van der Waals surface area contributed by atoms with Gasteiger partial charge in [-0.2, -0.15) is 5.10 Å². The number of carboxylic acids is 1. The van der Waals surface area contributed by atoms with Gasteiger partial charge in [0, 0.05) is 5.56 Å². The molecule has 0 aliphatic heterocycles. The lowest BCUT2D eigenvalue weighted by molar-refractivity contribution is 0.0695. The second-order valence-corrected chi connectivity index (χ2v) is 3.86. The van der Waals surface area contributed by atoms with Gasteiger partial charge in [-0.3, -0.25) is 4.79 Å². The lowest BCUT2D eigenvalue weighted by Crippen LogP contribution is -2.19. The van der Waals surface area contributed by atoms with E-state index >= 15 is 0 Å². The SMILES string of the molecule is COc1ccc(-c2cn[nH]c(=O)c2C(=O)O)cc1OC. The van der Waals surface area contributed by atoms with Crippen LogP contribution < -0.4 is 15.0 Å². The molecule has 1 aromatic heterocycles. The highest BCUT2D eigenvalue weighted by Gasteiger charge is 2.18. The molecule has 0 bridgehead atoms. The summed E-state index contributed by atoms with van der Waals surface area (Å²) in [5, 5.41) is 14.9. The molecule has 20 heavy (non-hydrogen) atoms. The van der Waals surface area contributed by atoms with Crippen LogP contribution in [-0.2, 0) is 0 Å². The number of H-pyrrole nitrogens is 1. The third kappa shape index (κ3) is 2.33. The van der Waals surface area contributed by atoms with Gasteiger partial charge >= 0.3 is 5.97 Å². The summed E-state index contributed by atoms with van der Waals surface area (Å²) in [4.78, 5) is 22.8. The Morgan fingerprint density at radius 2 is 1.95 bits per heavy atom. The molecule has 1 heterocycles. The molecule has 7 heteroatoms. The van der Waals surface area contributed by atoms with Gasteiger partial charge in [-0.15, -0.1) is 0 Å². The van der Waals surface area contributed by atoms with E-state index in [1.807, 2.05) is 0 Å². The van der Waals surface area contributed by atoms with E-state index in [0.29, 0.717) is 17.1 Å². The zero-order chi connectivity index (χ0) is 14.7. The number of rotatable bonds is 4. The minimum Gasteiger partial charge on any atom is -0.493 e. The Hall–Kier alpha value is -2.83. The van der Waals surface area contributed by atoms with Gasteiger partial charge in [-0.1, -0.05) is 6.07 Å². The van der Waals surface area contributed by atoms with E-state index < -0.39 is 11.5 Å². The van der Waals surface area contributed by atoms with Gasteiger partial charge in [0.2, 0.25) is 0 Å². The quantitative estimate of drug-likeness (QED) is 0.868. The predicted octanol–water partition coefficient (Wildman–Crippen LogP) is 1.15. The van der Waals surface area contributed by atoms with E-state index in [2.05, 4.69) is 10.2 Å². The van der Waals surface area contributed by atoms with Gasteiger partial charge in [0.15, 0.2) is 11.5 Å². The molecule has 0 atom stereocenters. The van der Waals surface area contributed by atoms with Gasteiger partial charge in [-0.25, -0.2) is 9.89 Å². The molecule has 0 radical (unpaired) electrons. The molecular weight excluding hydrogens is 264 g/mol. The summed E-state index contributed by atoms with van der Waals surface area (Å²) in [6, 6.07) is 4.84. The van der Waals surface area contributed by atoms with Crippen LogP contribution in [0, 0.1) is 0 Å². The third-order valence-corrected chi connectivity index (χ3v) is 2.76. The summed E-state index contributed by atoms with van der Waals surface area (Å²) in [6.07, 6.45) is 1.28. The van der Waals surface area contributed by atoms with Crippen molar-refractivity contribution in [3.8, 4) is 22.6 Å². The highest BCUT2D eigenvalue weighted by atomic mass is 16.5. The molecule has 0 saturated carbocycles. The van der Waals surface area contributed by atoms with E-state index in [4.69, 9.17) is 14.6 Å². The average Bonchev–Trinajstić information content (AvgIpc) is 2.45. The summed E-state index contributed by atoms with van der Waals surface area (Å²) < 4.78 is 10.3. The van der Waals surface area contributed by atoms with Crippen molar-refractivity contribution in [2.45, 2.75) is 0 Å². The fourth-order valence-corrected chi connectivity index (χ4v) is 1.83. The van der Waals surface area contributed by atoms with Gasteiger partial charge < -0.3 is 14.6 Å². The maximum Gasteiger partial charge on any atom is 0.342 e. The van der Waals surface area contributed by atoms with Crippen molar-refractivity contribution in [1.82, 2.24) is 10.2 Å². The van der Waals surface area contributed by atoms with E-state index in [9.17, 15) is 9.59 Å². The smallest absolute Gasteiger partial charge is 0.342 e. The van der Waals surface area contributed by atoms with Crippen molar-refractivity contribution in [2.24, 2.45) is 0 Å². The molecule has 0 saturated heterocycles. The maximum absolute atomic E-state index is 11.6. The number of methoxy groups -OCH3 is 2. The Bertz CT molecular complexity index is 708. The van der Waals surface area contributed by atoms with Crippen LogP contribution >= 0.6 is 0 Å². The molecule has 7 nitrogen and oxygen atoms in total. The highest BCUT2D eigenvalue weighted by molar-refractivity contribution is 5.95. The molecule has 0 unspecified atom stereocenters. The number of ether oxygens (including phenoxy) is 2. The molecular formula is C13H12N2O5. The number of aromatic carboxylic acids is 1. The Kier molecular flexibility index (Phi) is 3.69. The molecule has 1 aromatic carbocycles. The fourth-order valence-electron chi connectivity index (χ4n) is 1.83. The van der Waals surface area contributed by atoms with E-state index in [1.54, 1.807) is 18.2 Å². The lowest BCUT2D eigenvalue weighted by Gasteiger charge is -2.10. The van der Waals surface area contributed by atoms with Crippen molar-refractivity contribution >= 4 is 5.97 Å². The summed E-state index contributed by atoms with van der Waals surface area (Å²) in [7, 11) is 2.96. The normalized spacial score (nSPS) is 10.1. The van der Waals surface area contributed by atoms with Gasteiger partial charge in [0.25, 0.3) is 5.56 Å². The number of carbonyl (C=O) groups is 1. The molecule has 0 aliphatic rings. The Morgan fingerprint density at radius 1 is 1.25 bits per heavy atom. The van der Waals surface area contributed by atoms with Crippen molar-refractivity contribution < 1.29 is 19.4 Å². The highest BCUT2D eigenvalue weighted by Crippen LogP contribution is 2.32. The van der Waals surface area contributed by atoms with Crippen molar-refractivity contribution in [2.75, 3.05) is 14.2 Å². The van der Waals surface area contributed by atoms with E-state index in [1.165, 1.54) is 20.4 Å². The standard InChI is InChI=1S/C13H12N2O5/c1-19-9-4-3-7(5-10(9)20-2)8-6-14-15-12(16)11(8)13(17)18/h3-6H,1-2H3,(H,15,16)(H,17,18). The molecule has 2 N–H and O–H groups in total. The summed E-state index contributed by atoms with van der Waals surface area (Å²) in [5.41, 5.74) is -0.419. The van der Waals surface area contributed by atoms with Crippen LogP contribution in [-0.4, -0.2) is 35.5 Å². The molecule has 104 valence electrons. The minimum atomic E-state index is -1.32. The number of hydrogen-bond acceptors (Lipinski definition) is 5. The summed E-state index contributed by atoms with van der Waals surface area (Å²) >= 11 is 0. The van der Waals surface area contributed by atoms with Gasteiger partial charge in [-0.05, 0) is 17.7 Å². The van der Waals surface area contributed by atoms with E-state index in [-0.39, 0.29) is 11.1 Å². The van der Waals surface area contributed by atoms with Crippen LogP contribution in [0.4, 0.5) is 0 Å². The first-order chi connectivity index (χ1) is 9.58. The van der Waals surface area contributed by atoms with Crippen molar-refractivity contribution in [1.29, 1.82) is 0 Å². The first kappa shape index (κ1) is 13.6. The number of aromatic nitrogens is 2. The lowest BCUT2D eigenvalue weighted by atomic mass is 10.0. The first-order valence-corrected chi connectivity index (χ1v) is 5.62. The number of hydrogen-bond donors (Lipinski definition) is 2. The average molecular weight is 276 g/mol.